The molecule has 2 bridgehead atoms. The fraction of sp³-hybridized carbons (Fsp3) is 0.417. The Kier molecular flexibility index (Phi) is 2.45. The van der Waals surface area contributed by atoms with Gasteiger partial charge in [-0.15, -0.1) is 0 Å². The van der Waals surface area contributed by atoms with E-state index in [1.807, 2.05) is 19.1 Å². The molecular formula is C12H13BrN2O3. The van der Waals surface area contributed by atoms with E-state index in [1.54, 1.807) is 7.11 Å². The molecule has 6 heteroatoms. The molecule has 3 rings (SSSR count). The number of fused-ring (bicyclic) bond motifs is 4. The van der Waals surface area contributed by atoms with Crippen molar-refractivity contribution in [1.29, 1.82) is 0 Å². The van der Waals surface area contributed by atoms with Crippen LogP contribution in [0.2, 0.25) is 0 Å². The first-order chi connectivity index (χ1) is 8.50. The number of benzene rings is 1. The summed E-state index contributed by atoms with van der Waals surface area (Å²) in [5.41, 5.74) is 0.259. The summed E-state index contributed by atoms with van der Waals surface area (Å²) < 4.78 is 12.2. The number of methoxy groups -OCH3 is 1. The summed E-state index contributed by atoms with van der Waals surface area (Å²) >= 11 is 3.44. The minimum Gasteiger partial charge on any atom is -0.493 e. The van der Waals surface area contributed by atoms with Crippen molar-refractivity contribution in [2.45, 2.75) is 25.1 Å². The lowest BCUT2D eigenvalue weighted by Gasteiger charge is -2.44. The van der Waals surface area contributed by atoms with Gasteiger partial charge in [0, 0.05) is 16.5 Å². The number of carbonyl (C=O) groups excluding carboxylic acids is 1. The highest BCUT2D eigenvalue weighted by atomic mass is 79.9. The molecule has 2 N–H and O–H groups in total. The van der Waals surface area contributed by atoms with Crippen LogP contribution in [0.5, 0.6) is 11.5 Å². The molecule has 0 radical (unpaired) electrons. The van der Waals surface area contributed by atoms with Crippen molar-refractivity contribution >= 4 is 22.0 Å². The minimum atomic E-state index is -0.679. The Morgan fingerprint density at radius 1 is 1.56 bits per heavy atom. The van der Waals surface area contributed by atoms with Gasteiger partial charge in [0.05, 0.1) is 13.2 Å². The zero-order valence-electron chi connectivity index (χ0n) is 10.0. The molecule has 5 nitrogen and oxygen atoms in total. The molecule has 2 atom stereocenters. The van der Waals surface area contributed by atoms with Crippen molar-refractivity contribution in [3.8, 4) is 11.5 Å². The highest BCUT2D eigenvalue weighted by molar-refractivity contribution is 9.10. The molecule has 1 fully saturated rings. The zero-order chi connectivity index (χ0) is 12.9. The Bertz CT molecular complexity index is 534. The fourth-order valence-corrected chi connectivity index (χ4v) is 2.97. The fourth-order valence-electron chi connectivity index (χ4n) is 2.51. The largest absolute Gasteiger partial charge is 0.493 e. The number of rotatable bonds is 1. The molecule has 0 aliphatic carbocycles. The normalized spacial score (nSPS) is 28.6. The predicted molar refractivity (Wildman–Crippen MR) is 68.8 cm³/mol. The summed E-state index contributed by atoms with van der Waals surface area (Å²) in [5.74, 6) is 1.35. The zero-order valence-corrected chi connectivity index (χ0v) is 11.6. The van der Waals surface area contributed by atoms with Crippen molar-refractivity contribution in [3.63, 3.8) is 0 Å². The molecule has 2 aliphatic heterocycles. The number of ether oxygens (including phenoxy) is 2. The first kappa shape index (κ1) is 11.6. The van der Waals surface area contributed by atoms with Crippen molar-refractivity contribution in [2.75, 3.05) is 7.11 Å². The number of carbonyl (C=O) groups is 1. The SMILES string of the molecule is COc1cc(Br)cc2c1O[C@@]1(C)C[C@@H]2NC(=O)N1. The molecule has 2 heterocycles. The van der Waals surface area contributed by atoms with Gasteiger partial charge < -0.3 is 20.1 Å². The Labute approximate surface area is 113 Å². The number of amides is 2. The van der Waals surface area contributed by atoms with Crippen LogP contribution in [-0.4, -0.2) is 18.9 Å². The van der Waals surface area contributed by atoms with Crippen LogP contribution in [-0.2, 0) is 0 Å². The van der Waals surface area contributed by atoms with Crippen LogP contribution in [0.25, 0.3) is 0 Å². The molecule has 0 saturated carbocycles. The van der Waals surface area contributed by atoms with Gasteiger partial charge in [-0.25, -0.2) is 4.79 Å². The number of nitrogens with one attached hydrogen (secondary N) is 2. The van der Waals surface area contributed by atoms with Gasteiger partial charge in [-0.1, -0.05) is 15.9 Å². The molecule has 2 aliphatic rings. The lowest BCUT2D eigenvalue weighted by atomic mass is 9.91. The monoisotopic (exact) mass is 312 g/mol. The average molecular weight is 313 g/mol. The molecule has 1 aromatic carbocycles. The van der Waals surface area contributed by atoms with Gasteiger partial charge in [-0.05, 0) is 19.1 Å². The van der Waals surface area contributed by atoms with E-state index < -0.39 is 5.72 Å². The van der Waals surface area contributed by atoms with Crippen LogP contribution in [0.3, 0.4) is 0 Å². The standard InChI is InChI=1S/C12H13BrN2O3/c1-12-5-8(14-11(16)15-12)7-3-6(13)4-9(17-2)10(7)18-12/h3-4,8H,5H2,1-2H3,(H2,14,15,16)/t8-,12-/m0/s1. The molecule has 0 spiro atoms. The highest BCUT2D eigenvalue weighted by Gasteiger charge is 2.44. The molecule has 1 aromatic rings. The number of hydrogen-bond donors (Lipinski definition) is 2. The van der Waals surface area contributed by atoms with Gasteiger partial charge in [0.2, 0.25) is 0 Å². The van der Waals surface area contributed by atoms with E-state index in [9.17, 15) is 4.79 Å². The lowest BCUT2D eigenvalue weighted by molar-refractivity contribution is 0.00937. The van der Waals surface area contributed by atoms with Gasteiger partial charge in [0.15, 0.2) is 17.2 Å². The maximum absolute atomic E-state index is 11.6. The van der Waals surface area contributed by atoms with Crippen LogP contribution in [0.15, 0.2) is 16.6 Å². The van der Waals surface area contributed by atoms with Gasteiger partial charge >= 0.3 is 6.03 Å². The summed E-state index contributed by atoms with van der Waals surface area (Å²) in [7, 11) is 1.60. The average Bonchev–Trinajstić information content (AvgIpc) is 2.28. The van der Waals surface area contributed by atoms with E-state index in [-0.39, 0.29) is 12.1 Å². The van der Waals surface area contributed by atoms with E-state index >= 15 is 0 Å². The van der Waals surface area contributed by atoms with E-state index in [2.05, 4.69) is 26.6 Å². The molecule has 18 heavy (non-hydrogen) atoms. The first-order valence-corrected chi connectivity index (χ1v) is 6.45. The molecule has 0 aromatic heterocycles. The van der Waals surface area contributed by atoms with Crippen molar-refractivity contribution in [1.82, 2.24) is 10.6 Å². The Morgan fingerprint density at radius 2 is 2.33 bits per heavy atom. The topological polar surface area (TPSA) is 59.6 Å². The van der Waals surface area contributed by atoms with Crippen molar-refractivity contribution in [3.05, 3.63) is 22.2 Å². The number of urea groups is 1. The molecular weight excluding hydrogens is 300 g/mol. The third-order valence-corrected chi connectivity index (χ3v) is 3.71. The Hall–Kier alpha value is -1.43. The second-order valence-electron chi connectivity index (χ2n) is 4.71. The molecule has 2 amide bonds. The molecule has 1 saturated heterocycles. The summed E-state index contributed by atoms with van der Waals surface area (Å²) in [6, 6.07) is 3.54. The Morgan fingerprint density at radius 3 is 3.06 bits per heavy atom. The highest BCUT2D eigenvalue weighted by Crippen LogP contribution is 2.46. The number of hydrogen-bond acceptors (Lipinski definition) is 3. The summed E-state index contributed by atoms with van der Waals surface area (Å²) in [5, 5.41) is 5.69. The van der Waals surface area contributed by atoms with Gasteiger partial charge in [-0.2, -0.15) is 0 Å². The van der Waals surface area contributed by atoms with Crippen LogP contribution >= 0.6 is 15.9 Å². The maximum Gasteiger partial charge on any atom is 0.318 e. The van der Waals surface area contributed by atoms with Crippen molar-refractivity contribution < 1.29 is 14.3 Å². The quantitative estimate of drug-likeness (QED) is 0.836. The second-order valence-corrected chi connectivity index (χ2v) is 5.63. The number of halogens is 1. The van der Waals surface area contributed by atoms with E-state index in [1.165, 1.54) is 0 Å². The maximum atomic E-state index is 11.6. The third kappa shape index (κ3) is 1.71. The van der Waals surface area contributed by atoms with Gasteiger partial charge in [0.25, 0.3) is 0 Å². The van der Waals surface area contributed by atoms with Crippen LogP contribution in [0, 0.1) is 0 Å². The molecule has 96 valence electrons. The predicted octanol–water partition coefficient (Wildman–Crippen LogP) is 2.31. The minimum absolute atomic E-state index is 0.0566. The lowest BCUT2D eigenvalue weighted by Crippen LogP contribution is -2.62. The summed E-state index contributed by atoms with van der Waals surface area (Å²) in [4.78, 5) is 11.6. The van der Waals surface area contributed by atoms with Crippen molar-refractivity contribution in [2.24, 2.45) is 0 Å². The van der Waals surface area contributed by atoms with E-state index in [0.29, 0.717) is 17.9 Å². The smallest absolute Gasteiger partial charge is 0.318 e. The second kappa shape index (κ2) is 3.78. The summed E-state index contributed by atoms with van der Waals surface area (Å²) in [6.07, 6.45) is 0.686. The summed E-state index contributed by atoms with van der Waals surface area (Å²) in [6.45, 7) is 1.86. The van der Waals surface area contributed by atoms with Crippen LogP contribution in [0.4, 0.5) is 4.79 Å². The van der Waals surface area contributed by atoms with Gasteiger partial charge in [-0.3, -0.25) is 0 Å². The van der Waals surface area contributed by atoms with Crippen LogP contribution in [0.1, 0.15) is 24.9 Å². The Balaban J connectivity index is 2.15. The molecule has 0 unspecified atom stereocenters. The first-order valence-electron chi connectivity index (χ1n) is 5.66. The van der Waals surface area contributed by atoms with Crippen LogP contribution < -0.4 is 20.1 Å². The van der Waals surface area contributed by atoms with Gasteiger partial charge in [0.1, 0.15) is 0 Å². The third-order valence-electron chi connectivity index (χ3n) is 3.25. The van der Waals surface area contributed by atoms with E-state index in [0.717, 1.165) is 10.0 Å². The van der Waals surface area contributed by atoms with E-state index in [4.69, 9.17) is 9.47 Å².